The van der Waals surface area contributed by atoms with Crippen LogP contribution in [0, 0.1) is 19.8 Å². The lowest BCUT2D eigenvalue weighted by atomic mass is 9.92. The molecule has 8 nitrogen and oxygen atoms in total. The fourth-order valence-electron chi connectivity index (χ4n) is 4.88. The fraction of sp³-hybridized carbons (Fsp3) is 0.400. The average Bonchev–Trinajstić information content (AvgIpc) is 3.23. The van der Waals surface area contributed by atoms with Crippen LogP contribution in [0.2, 0.25) is 5.02 Å². The van der Waals surface area contributed by atoms with Crippen molar-refractivity contribution in [3.8, 4) is 5.69 Å². The van der Waals surface area contributed by atoms with Gasteiger partial charge in [-0.05, 0) is 26.0 Å². The van der Waals surface area contributed by atoms with Gasteiger partial charge in [-0.2, -0.15) is 0 Å². The SMILES string of the molecule is CC(=O)N1CC(CC(=O)C[C@@H]2N=C(c3ccc(Cl)cc3)c3c(cn(C)c3C)-n3c(C)nnc32)C1. The maximum absolute atomic E-state index is 13.1. The highest BCUT2D eigenvalue weighted by Crippen LogP contribution is 2.35. The smallest absolute Gasteiger partial charge is 0.219 e. The van der Waals surface area contributed by atoms with Crippen LogP contribution in [-0.4, -0.2) is 54.7 Å². The number of hydrogen-bond donors (Lipinski definition) is 0. The molecule has 0 radical (unpaired) electrons. The maximum atomic E-state index is 13.1. The lowest BCUT2D eigenvalue weighted by Crippen LogP contribution is -2.49. The Balaban J connectivity index is 1.54. The van der Waals surface area contributed by atoms with Gasteiger partial charge in [0.25, 0.3) is 0 Å². The minimum atomic E-state index is -0.458. The zero-order chi connectivity index (χ0) is 24.1. The molecule has 0 bridgehead atoms. The first-order valence-corrected chi connectivity index (χ1v) is 11.8. The van der Waals surface area contributed by atoms with Gasteiger partial charge in [-0.1, -0.05) is 23.7 Å². The molecule has 0 saturated carbocycles. The van der Waals surface area contributed by atoms with Gasteiger partial charge in [0, 0.05) is 73.9 Å². The third-order valence-corrected chi connectivity index (χ3v) is 7.08. The molecule has 3 aromatic rings. The van der Waals surface area contributed by atoms with Crippen LogP contribution < -0.4 is 0 Å². The number of hydrogen-bond acceptors (Lipinski definition) is 5. The number of benzene rings is 1. The van der Waals surface area contributed by atoms with Crippen molar-refractivity contribution in [2.45, 2.75) is 39.7 Å². The Morgan fingerprint density at radius 1 is 1.09 bits per heavy atom. The first kappa shape index (κ1) is 22.5. The van der Waals surface area contributed by atoms with Crippen molar-refractivity contribution in [3.05, 3.63) is 64.0 Å². The van der Waals surface area contributed by atoms with Gasteiger partial charge in [-0.3, -0.25) is 19.1 Å². The van der Waals surface area contributed by atoms with Crippen LogP contribution >= 0.6 is 11.6 Å². The lowest BCUT2D eigenvalue weighted by Gasteiger charge is -2.38. The van der Waals surface area contributed by atoms with Crippen molar-refractivity contribution < 1.29 is 9.59 Å². The number of halogens is 1. The van der Waals surface area contributed by atoms with Crippen LogP contribution in [-0.2, 0) is 16.6 Å². The number of rotatable bonds is 5. The summed E-state index contributed by atoms with van der Waals surface area (Å²) in [6, 6.07) is 7.16. The molecule has 1 amide bonds. The summed E-state index contributed by atoms with van der Waals surface area (Å²) in [6.07, 6.45) is 2.73. The van der Waals surface area contributed by atoms with Crippen molar-refractivity contribution >= 4 is 29.0 Å². The molecule has 1 fully saturated rings. The number of fused-ring (bicyclic) bond motifs is 3. The highest BCUT2D eigenvalue weighted by Gasteiger charge is 2.34. The average molecular weight is 479 g/mol. The topological polar surface area (TPSA) is 85.4 Å². The molecule has 176 valence electrons. The Morgan fingerprint density at radius 2 is 1.79 bits per heavy atom. The summed E-state index contributed by atoms with van der Waals surface area (Å²) >= 11 is 6.15. The Hall–Kier alpha value is -3.26. The molecule has 0 N–H and O–H groups in total. The van der Waals surface area contributed by atoms with E-state index in [1.165, 1.54) is 0 Å². The largest absolute Gasteiger partial charge is 0.352 e. The monoisotopic (exact) mass is 478 g/mol. The molecule has 1 aromatic carbocycles. The Labute approximate surface area is 203 Å². The minimum absolute atomic E-state index is 0.0571. The number of carbonyl (C=O) groups is 2. The number of carbonyl (C=O) groups excluding carboxylic acids is 2. The standard InChI is InChI=1S/C25H27ClN6O2/c1-14-23-22(13-30(14)4)32-15(2)28-29-25(32)21(27-24(23)18-5-7-19(26)8-6-18)10-20(34)9-17-11-31(12-17)16(3)33/h5-8,13,17,21H,9-12H2,1-4H3/t21-/m0/s1. The number of amides is 1. The van der Waals surface area contributed by atoms with Gasteiger partial charge in [0.15, 0.2) is 5.82 Å². The van der Waals surface area contributed by atoms with Gasteiger partial charge in [-0.15, -0.1) is 10.2 Å². The van der Waals surface area contributed by atoms with Crippen molar-refractivity contribution in [2.75, 3.05) is 13.1 Å². The van der Waals surface area contributed by atoms with Gasteiger partial charge < -0.3 is 9.47 Å². The molecule has 0 spiro atoms. The zero-order valence-corrected chi connectivity index (χ0v) is 20.5. The van der Waals surface area contributed by atoms with Gasteiger partial charge in [0.2, 0.25) is 5.91 Å². The van der Waals surface area contributed by atoms with Crippen LogP contribution in [0.5, 0.6) is 0 Å². The molecule has 4 heterocycles. The van der Waals surface area contributed by atoms with E-state index in [1.807, 2.05) is 42.8 Å². The summed E-state index contributed by atoms with van der Waals surface area (Å²) in [6.45, 7) is 6.83. The van der Waals surface area contributed by atoms with Crippen molar-refractivity contribution in [3.63, 3.8) is 0 Å². The van der Waals surface area contributed by atoms with Crippen LogP contribution in [0.1, 0.15) is 54.3 Å². The molecule has 0 unspecified atom stereocenters. The Bertz CT molecular complexity index is 1310. The van der Waals surface area contributed by atoms with Gasteiger partial charge in [0.05, 0.1) is 11.4 Å². The van der Waals surface area contributed by atoms with E-state index in [2.05, 4.69) is 27.9 Å². The van der Waals surface area contributed by atoms with Crippen molar-refractivity contribution in [1.29, 1.82) is 0 Å². The first-order valence-electron chi connectivity index (χ1n) is 11.4. The molecule has 5 rings (SSSR count). The molecule has 34 heavy (non-hydrogen) atoms. The second kappa shape index (κ2) is 8.51. The Morgan fingerprint density at radius 3 is 2.47 bits per heavy atom. The molecule has 1 saturated heterocycles. The summed E-state index contributed by atoms with van der Waals surface area (Å²) in [5, 5.41) is 9.43. The van der Waals surface area contributed by atoms with E-state index in [9.17, 15) is 9.59 Å². The van der Waals surface area contributed by atoms with E-state index in [4.69, 9.17) is 16.6 Å². The number of aryl methyl sites for hydroxylation is 2. The summed E-state index contributed by atoms with van der Waals surface area (Å²) in [5.41, 5.74) is 4.77. The van der Waals surface area contributed by atoms with E-state index < -0.39 is 6.04 Å². The van der Waals surface area contributed by atoms with E-state index >= 15 is 0 Å². The third kappa shape index (κ3) is 3.86. The molecule has 9 heteroatoms. The zero-order valence-electron chi connectivity index (χ0n) is 19.7. The second-order valence-electron chi connectivity index (χ2n) is 9.26. The molecule has 2 aliphatic rings. The predicted octanol–water partition coefficient (Wildman–Crippen LogP) is 3.60. The summed E-state index contributed by atoms with van der Waals surface area (Å²) < 4.78 is 4.09. The summed E-state index contributed by atoms with van der Waals surface area (Å²) in [5.74, 6) is 1.81. The number of likely N-dealkylation sites (tertiary alicyclic amines) is 1. The molecule has 1 atom stereocenters. The van der Waals surface area contributed by atoms with Crippen LogP contribution in [0.15, 0.2) is 35.5 Å². The number of nitrogens with zero attached hydrogens (tertiary/aromatic N) is 6. The lowest BCUT2D eigenvalue weighted by molar-refractivity contribution is -0.137. The number of aromatic nitrogens is 4. The highest BCUT2D eigenvalue weighted by molar-refractivity contribution is 6.30. The predicted molar refractivity (Wildman–Crippen MR) is 130 cm³/mol. The molecule has 2 aromatic heterocycles. The van der Waals surface area contributed by atoms with Crippen LogP contribution in [0.4, 0.5) is 0 Å². The van der Waals surface area contributed by atoms with E-state index in [-0.39, 0.29) is 24.0 Å². The number of ketones is 1. The summed E-state index contributed by atoms with van der Waals surface area (Å²) in [4.78, 5) is 31.5. The van der Waals surface area contributed by atoms with Gasteiger partial charge in [0.1, 0.15) is 17.6 Å². The molecular formula is C25H27ClN6O2. The van der Waals surface area contributed by atoms with Gasteiger partial charge in [-0.25, -0.2) is 0 Å². The molecular weight excluding hydrogens is 452 g/mol. The van der Waals surface area contributed by atoms with Crippen LogP contribution in [0.25, 0.3) is 5.69 Å². The van der Waals surface area contributed by atoms with Crippen LogP contribution in [0.3, 0.4) is 0 Å². The third-order valence-electron chi connectivity index (χ3n) is 6.83. The molecule has 2 aliphatic heterocycles. The summed E-state index contributed by atoms with van der Waals surface area (Å²) in [7, 11) is 2.01. The molecule has 0 aliphatic carbocycles. The first-order chi connectivity index (χ1) is 16.2. The highest BCUT2D eigenvalue weighted by atomic mass is 35.5. The van der Waals surface area contributed by atoms with Crippen molar-refractivity contribution in [2.24, 2.45) is 18.0 Å². The Kier molecular flexibility index (Phi) is 5.64. The second-order valence-corrected chi connectivity index (χ2v) is 9.70. The van der Waals surface area contributed by atoms with E-state index in [0.29, 0.717) is 30.4 Å². The fourth-order valence-corrected chi connectivity index (χ4v) is 5.01. The van der Waals surface area contributed by atoms with E-state index in [0.717, 1.165) is 34.0 Å². The number of Topliss-reactive ketones (excluding diaryl/α,β-unsaturated/α-hetero) is 1. The van der Waals surface area contributed by atoms with E-state index in [1.54, 1.807) is 11.8 Å². The van der Waals surface area contributed by atoms with Gasteiger partial charge >= 0.3 is 0 Å². The van der Waals surface area contributed by atoms with Crippen molar-refractivity contribution in [1.82, 2.24) is 24.2 Å². The number of aliphatic imine (C=N–C) groups is 1. The maximum Gasteiger partial charge on any atom is 0.219 e. The quantitative estimate of drug-likeness (QED) is 0.560. The normalized spacial score (nSPS) is 17.5. The minimum Gasteiger partial charge on any atom is -0.352 e.